The maximum Gasteiger partial charge on any atom is 0.339 e. The van der Waals surface area contributed by atoms with Gasteiger partial charge in [0.2, 0.25) is 0 Å². The summed E-state index contributed by atoms with van der Waals surface area (Å²) in [5.74, 6) is -0.325. The van der Waals surface area contributed by atoms with Crippen molar-refractivity contribution in [2.75, 3.05) is 5.32 Å². The highest BCUT2D eigenvalue weighted by molar-refractivity contribution is 7.16. The average molecular weight is 412 g/mol. The zero-order valence-electron chi connectivity index (χ0n) is 15.7. The van der Waals surface area contributed by atoms with Crippen LogP contribution >= 0.6 is 22.7 Å². The van der Waals surface area contributed by atoms with Crippen LogP contribution in [-0.2, 0) is 0 Å². The zero-order chi connectivity index (χ0) is 19.7. The molecule has 0 saturated heterocycles. The molecule has 0 saturated carbocycles. The molecule has 2 N–H and O–H groups in total. The lowest BCUT2D eigenvalue weighted by Gasteiger charge is -2.07. The first-order valence-corrected chi connectivity index (χ1v) is 11.0. The fraction of sp³-hybridized carbons (Fsp3) is 0.286. The molecular formula is C21H21N3O2S2. The molecule has 0 amide bonds. The second kappa shape index (κ2) is 7.85. The zero-order valence-corrected chi connectivity index (χ0v) is 17.4. The SMILES string of the molecule is CC(C)c1sc(Nc2ncc(-c3cccs3)cc2C(=O)O)nc1C1=CCCC1. The van der Waals surface area contributed by atoms with Crippen molar-refractivity contribution in [3.05, 3.63) is 52.0 Å². The molecule has 4 rings (SSSR count). The second-order valence-electron chi connectivity index (χ2n) is 7.04. The predicted octanol–water partition coefficient (Wildman–Crippen LogP) is 6.40. The molecule has 3 aromatic heterocycles. The molecule has 7 heteroatoms. The van der Waals surface area contributed by atoms with Crippen molar-refractivity contribution >= 4 is 45.2 Å². The summed E-state index contributed by atoms with van der Waals surface area (Å²) in [6.07, 6.45) is 7.29. The summed E-state index contributed by atoms with van der Waals surface area (Å²) >= 11 is 3.14. The Morgan fingerprint density at radius 1 is 1.36 bits per heavy atom. The van der Waals surface area contributed by atoms with Crippen LogP contribution in [0.5, 0.6) is 0 Å². The van der Waals surface area contributed by atoms with Gasteiger partial charge < -0.3 is 10.4 Å². The van der Waals surface area contributed by atoms with Crippen molar-refractivity contribution in [2.45, 2.75) is 39.0 Å². The van der Waals surface area contributed by atoms with E-state index in [1.807, 2.05) is 17.5 Å². The number of thiophene rings is 1. The highest BCUT2D eigenvalue weighted by Crippen LogP contribution is 2.39. The minimum atomic E-state index is -1.01. The summed E-state index contributed by atoms with van der Waals surface area (Å²) in [4.78, 5) is 23.2. The molecule has 0 bridgehead atoms. The van der Waals surface area contributed by atoms with Crippen LogP contribution in [0.1, 0.15) is 60.0 Å². The number of aromatic nitrogens is 2. The van der Waals surface area contributed by atoms with E-state index in [-0.39, 0.29) is 5.56 Å². The van der Waals surface area contributed by atoms with Crippen molar-refractivity contribution in [2.24, 2.45) is 0 Å². The van der Waals surface area contributed by atoms with Gasteiger partial charge in [0.15, 0.2) is 5.13 Å². The molecule has 3 aromatic rings. The summed E-state index contributed by atoms with van der Waals surface area (Å²) in [5, 5.41) is 15.5. The first kappa shape index (κ1) is 18.8. The van der Waals surface area contributed by atoms with Crippen molar-refractivity contribution in [3.8, 4) is 10.4 Å². The number of nitrogens with one attached hydrogen (secondary N) is 1. The smallest absolute Gasteiger partial charge is 0.339 e. The molecular weight excluding hydrogens is 390 g/mol. The van der Waals surface area contributed by atoms with Gasteiger partial charge in [0.1, 0.15) is 11.4 Å². The quantitative estimate of drug-likeness (QED) is 0.491. The molecule has 0 atom stereocenters. The molecule has 0 aromatic carbocycles. The molecule has 0 unspecified atom stereocenters. The molecule has 5 nitrogen and oxygen atoms in total. The number of carbonyl (C=O) groups is 1. The molecule has 28 heavy (non-hydrogen) atoms. The van der Waals surface area contributed by atoms with Crippen molar-refractivity contribution in [3.63, 3.8) is 0 Å². The first-order valence-electron chi connectivity index (χ1n) is 9.27. The van der Waals surface area contributed by atoms with Gasteiger partial charge in [-0.3, -0.25) is 0 Å². The Morgan fingerprint density at radius 3 is 2.86 bits per heavy atom. The lowest BCUT2D eigenvalue weighted by molar-refractivity contribution is 0.0697. The Balaban J connectivity index is 1.69. The van der Waals surface area contributed by atoms with Gasteiger partial charge in [-0.15, -0.1) is 22.7 Å². The molecule has 3 heterocycles. The Bertz CT molecular complexity index is 1040. The molecule has 0 aliphatic heterocycles. The second-order valence-corrected chi connectivity index (χ2v) is 9.01. The summed E-state index contributed by atoms with van der Waals surface area (Å²) in [6.45, 7) is 4.32. The Hall–Kier alpha value is -2.51. The van der Waals surface area contributed by atoms with Crippen LogP contribution in [0.2, 0.25) is 0 Å². The van der Waals surface area contributed by atoms with E-state index in [2.05, 4.69) is 30.2 Å². The van der Waals surface area contributed by atoms with Gasteiger partial charge in [0.05, 0.1) is 5.69 Å². The number of aromatic carboxylic acids is 1. The minimum Gasteiger partial charge on any atom is -0.478 e. The third kappa shape index (κ3) is 3.72. The highest BCUT2D eigenvalue weighted by Gasteiger charge is 2.21. The molecule has 0 spiro atoms. The minimum absolute atomic E-state index is 0.147. The van der Waals surface area contributed by atoms with E-state index in [9.17, 15) is 9.90 Å². The van der Waals surface area contributed by atoms with Crippen LogP contribution < -0.4 is 5.32 Å². The number of anilines is 2. The average Bonchev–Trinajstić information content (AvgIpc) is 3.42. The van der Waals surface area contributed by atoms with Crippen LogP contribution in [-0.4, -0.2) is 21.0 Å². The van der Waals surface area contributed by atoms with E-state index in [0.29, 0.717) is 16.9 Å². The monoisotopic (exact) mass is 411 g/mol. The number of nitrogens with zero attached hydrogens (tertiary/aromatic N) is 2. The van der Waals surface area contributed by atoms with E-state index in [1.54, 1.807) is 34.9 Å². The normalized spacial score (nSPS) is 13.8. The lowest BCUT2D eigenvalue weighted by Crippen LogP contribution is -2.05. The maximum absolute atomic E-state index is 11.8. The van der Waals surface area contributed by atoms with Gasteiger partial charge in [-0.25, -0.2) is 14.8 Å². The van der Waals surface area contributed by atoms with Crippen LogP contribution in [0.3, 0.4) is 0 Å². The summed E-state index contributed by atoms with van der Waals surface area (Å²) in [5.41, 5.74) is 3.30. The molecule has 0 fully saturated rings. The van der Waals surface area contributed by atoms with E-state index >= 15 is 0 Å². The fourth-order valence-corrected chi connectivity index (χ4v) is 5.01. The molecule has 144 valence electrons. The van der Waals surface area contributed by atoms with Crippen molar-refractivity contribution < 1.29 is 9.90 Å². The topological polar surface area (TPSA) is 75.1 Å². The summed E-state index contributed by atoms with van der Waals surface area (Å²) < 4.78 is 0. The Kier molecular flexibility index (Phi) is 5.28. The van der Waals surface area contributed by atoms with Crippen LogP contribution in [0.15, 0.2) is 35.9 Å². The van der Waals surface area contributed by atoms with Gasteiger partial charge in [0.25, 0.3) is 0 Å². The van der Waals surface area contributed by atoms with E-state index < -0.39 is 5.97 Å². The van der Waals surface area contributed by atoms with E-state index in [1.165, 1.54) is 16.9 Å². The number of allylic oxidation sites excluding steroid dienone is 2. The molecule has 0 radical (unpaired) electrons. The standard InChI is InChI=1S/C21H21N3O2S2/c1-12(2)18-17(13-6-3-4-7-13)23-21(28-18)24-19-15(20(25)26)10-14(11-22-19)16-8-5-9-27-16/h5-6,8-12H,3-4,7H2,1-2H3,(H,25,26)(H,22,23,24). The van der Waals surface area contributed by atoms with Gasteiger partial charge in [0, 0.05) is 21.5 Å². The maximum atomic E-state index is 11.8. The Labute approximate surface area is 171 Å². The van der Waals surface area contributed by atoms with Crippen molar-refractivity contribution in [1.82, 2.24) is 9.97 Å². The fourth-order valence-electron chi connectivity index (χ4n) is 3.30. The third-order valence-corrected chi connectivity index (χ3v) is 6.86. The van der Waals surface area contributed by atoms with Crippen LogP contribution in [0.4, 0.5) is 10.9 Å². The number of carboxylic acids is 1. The molecule has 1 aliphatic rings. The summed E-state index contributed by atoms with van der Waals surface area (Å²) in [7, 11) is 0. The van der Waals surface area contributed by atoms with Gasteiger partial charge >= 0.3 is 5.97 Å². The van der Waals surface area contributed by atoms with Crippen LogP contribution in [0.25, 0.3) is 16.0 Å². The summed E-state index contributed by atoms with van der Waals surface area (Å²) in [6, 6.07) is 5.56. The van der Waals surface area contributed by atoms with Crippen molar-refractivity contribution in [1.29, 1.82) is 0 Å². The third-order valence-electron chi connectivity index (χ3n) is 4.67. The number of pyridine rings is 1. The van der Waals surface area contributed by atoms with Gasteiger partial charge in [-0.1, -0.05) is 26.0 Å². The number of carboxylic acid groups (broad SMARTS) is 1. The van der Waals surface area contributed by atoms with Gasteiger partial charge in [-0.05, 0) is 48.3 Å². The number of hydrogen-bond donors (Lipinski definition) is 2. The predicted molar refractivity (Wildman–Crippen MR) is 116 cm³/mol. The number of hydrogen-bond acceptors (Lipinski definition) is 6. The number of thiazole rings is 1. The number of rotatable bonds is 6. The Morgan fingerprint density at radius 2 is 2.21 bits per heavy atom. The lowest BCUT2D eigenvalue weighted by atomic mass is 10.1. The largest absolute Gasteiger partial charge is 0.478 e. The van der Waals surface area contributed by atoms with E-state index in [0.717, 1.165) is 29.0 Å². The highest BCUT2D eigenvalue weighted by atomic mass is 32.1. The first-order chi connectivity index (χ1) is 13.5. The van der Waals surface area contributed by atoms with E-state index in [4.69, 9.17) is 4.98 Å². The van der Waals surface area contributed by atoms with Gasteiger partial charge in [-0.2, -0.15) is 0 Å². The van der Waals surface area contributed by atoms with Crippen LogP contribution in [0, 0.1) is 0 Å². The molecule has 1 aliphatic carbocycles.